The summed E-state index contributed by atoms with van der Waals surface area (Å²) in [4.78, 5) is 0. The van der Waals surface area contributed by atoms with Gasteiger partial charge in [-0.15, -0.1) is 0 Å². The molecule has 5 heteroatoms. The molecule has 1 N–H and O–H groups in total. The fourth-order valence-corrected chi connectivity index (χ4v) is 3.25. The molecule has 1 rings (SSSR count). The molecule has 1 atom stereocenters. The molecule has 1 unspecified atom stereocenters. The fraction of sp³-hybridized carbons (Fsp3) is 1.00. The van der Waals surface area contributed by atoms with Gasteiger partial charge in [0.05, 0.1) is 5.75 Å². The second kappa shape index (κ2) is 5.09. The van der Waals surface area contributed by atoms with E-state index in [-0.39, 0.29) is 11.8 Å². The first kappa shape index (κ1) is 11.9. The van der Waals surface area contributed by atoms with Gasteiger partial charge in [0, 0.05) is 19.1 Å². The van der Waals surface area contributed by atoms with Crippen LogP contribution < -0.4 is 5.32 Å². The molecule has 0 saturated carbocycles. The first-order chi connectivity index (χ1) is 6.61. The number of nitrogens with zero attached hydrogens (tertiary/aromatic N) is 1. The standard InChI is InChI=1S/C9H20N2O2S/c1-3-7-11(14(12,13)4-2)9-5-6-10-8-9/h9-10H,3-8H2,1-2H3. The predicted molar refractivity (Wildman–Crippen MR) is 57.7 cm³/mol. The van der Waals surface area contributed by atoms with Crippen molar-refractivity contribution in [2.45, 2.75) is 32.7 Å². The minimum Gasteiger partial charge on any atom is -0.315 e. The second-order valence-corrected chi connectivity index (χ2v) is 5.87. The topological polar surface area (TPSA) is 49.4 Å². The summed E-state index contributed by atoms with van der Waals surface area (Å²) in [6, 6.07) is 0.180. The Balaban J connectivity index is 2.72. The van der Waals surface area contributed by atoms with Gasteiger partial charge in [-0.25, -0.2) is 8.42 Å². The lowest BCUT2D eigenvalue weighted by atomic mass is 10.2. The maximum absolute atomic E-state index is 11.8. The number of hydrogen-bond donors (Lipinski definition) is 1. The summed E-state index contributed by atoms with van der Waals surface area (Å²) in [6.45, 7) is 6.12. The summed E-state index contributed by atoms with van der Waals surface area (Å²) in [5, 5.41) is 3.20. The Labute approximate surface area is 86.7 Å². The van der Waals surface area contributed by atoms with Gasteiger partial charge >= 0.3 is 0 Å². The van der Waals surface area contributed by atoms with Gasteiger partial charge in [-0.3, -0.25) is 0 Å². The largest absolute Gasteiger partial charge is 0.315 e. The van der Waals surface area contributed by atoms with Crippen LogP contribution in [0, 0.1) is 0 Å². The Bertz CT molecular complexity index is 258. The molecule has 0 aromatic rings. The number of sulfonamides is 1. The quantitative estimate of drug-likeness (QED) is 0.730. The van der Waals surface area contributed by atoms with Crippen LogP contribution in [0.4, 0.5) is 0 Å². The van der Waals surface area contributed by atoms with Crippen molar-refractivity contribution >= 4 is 10.0 Å². The normalized spacial score (nSPS) is 23.2. The minimum absolute atomic E-state index is 0.180. The zero-order chi connectivity index (χ0) is 10.6. The van der Waals surface area contributed by atoms with E-state index in [4.69, 9.17) is 0 Å². The van der Waals surface area contributed by atoms with E-state index in [1.54, 1.807) is 11.2 Å². The van der Waals surface area contributed by atoms with Gasteiger partial charge in [-0.1, -0.05) is 6.92 Å². The number of nitrogens with one attached hydrogen (secondary N) is 1. The van der Waals surface area contributed by atoms with E-state index in [9.17, 15) is 8.42 Å². The fourth-order valence-electron chi connectivity index (χ4n) is 1.82. The van der Waals surface area contributed by atoms with Crippen LogP contribution in [0.3, 0.4) is 0 Å². The van der Waals surface area contributed by atoms with Gasteiger partial charge in [-0.05, 0) is 26.3 Å². The Kier molecular flexibility index (Phi) is 4.34. The van der Waals surface area contributed by atoms with Crippen molar-refractivity contribution in [1.29, 1.82) is 0 Å². The molecule has 0 aliphatic carbocycles. The van der Waals surface area contributed by atoms with Crippen molar-refractivity contribution < 1.29 is 8.42 Å². The van der Waals surface area contributed by atoms with Crippen LogP contribution in [-0.4, -0.2) is 44.2 Å². The lowest BCUT2D eigenvalue weighted by Gasteiger charge is -2.26. The molecule has 1 heterocycles. The van der Waals surface area contributed by atoms with E-state index in [2.05, 4.69) is 5.32 Å². The van der Waals surface area contributed by atoms with Gasteiger partial charge in [0.15, 0.2) is 0 Å². The average Bonchev–Trinajstić information content (AvgIpc) is 2.66. The molecular formula is C9H20N2O2S. The van der Waals surface area contributed by atoms with Crippen molar-refractivity contribution in [3.63, 3.8) is 0 Å². The van der Waals surface area contributed by atoms with Gasteiger partial charge in [0.25, 0.3) is 0 Å². The zero-order valence-corrected chi connectivity index (χ0v) is 9.81. The first-order valence-corrected chi connectivity index (χ1v) is 6.93. The molecule has 84 valence electrons. The highest BCUT2D eigenvalue weighted by Gasteiger charge is 2.29. The van der Waals surface area contributed by atoms with Crippen LogP contribution >= 0.6 is 0 Å². The Hall–Kier alpha value is -0.130. The smallest absolute Gasteiger partial charge is 0.214 e. The lowest BCUT2D eigenvalue weighted by Crippen LogP contribution is -2.42. The molecule has 0 bridgehead atoms. The number of rotatable bonds is 5. The lowest BCUT2D eigenvalue weighted by molar-refractivity contribution is 0.335. The van der Waals surface area contributed by atoms with Crippen molar-refractivity contribution in [1.82, 2.24) is 9.62 Å². The molecule has 1 fully saturated rings. The highest BCUT2D eigenvalue weighted by atomic mass is 32.2. The van der Waals surface area contributed by atoms with Crippen LogP contribution in [-0.2, 0) is 10.0 Å². The summed E-state index contributed by atoms with van der Waals surface area (Å²) < 4.78 is 25.2. The molecule has 0 amide bonds. The molecule has 0 aromatic carbocycles. The van der Waals surface area contributed by atoms with E-state index in [0.29, 0.717) is 6.54 Å². The van der Waals surface area contributed by atoms with Gasteiger partial charge < -0.3 is 5.32 Å². The summed E-state index contributed by atoms with van der Waals surface area (Å²) in [6.07, 6.45) is 1.83. The van der Waals surface area contributed by atoms with Crippen molar-refractivity contribution in [2.75, 3.05) is 25.4 Å². The van der Waals surface area contributed by atoms with E-state index in [0.717, 1.165) is 25.9 Å². The molecule has 1 aliphatic rings. The minimum atomic E-state index is -3.01. The summed E-state index contributed by atoms with van der Waals surface area (Å²) in [5.41, 5.74) is 0. The van der Waals surface area contributed by atoms with Gasteiger partial charge in [0.2, 0.25) is 10.0 Å². The van der Waals surface area contributed by atoms with Crippen molar-refractivity contribution in [3.8, 4) is 0 Å². The molecule has 4 nitrogen and oxygen atoms in total. The van der Waals surface area contributed by atoms with E-state index >= 15 is 0 Å². The van der Waals surface area contributed by atoms with Crippen LogP contribution in [0.15, 0.2) is 0 Å². The molecular weight excluding hydrogens is 200 g/mol. The monoisotopic (exact) mass is 220 g/mol. The van der Waals surface area contributed by atoms with Gasteiger partial charge in [0.1, 0.15) is 0 Å². The molecule has 0 spiro atoms. The van der Waals surface area contributed by atoms with Gasteiger partial charge in [-0.2, -0.15) is 4.31 Å². The Morgan fingerprint density at radius 1 is 1.43 bits per heavy atom. The van der Waals surface area contributed by atoms with Crippen LogP contribution in [0.25, 0.3) is 0 Å². The second-order valence-electron chi connectivity index (χ2n) is 3.66. The van der Waals surface area contributed by atoms with E-state index in [1.807, 2.05) is 6.92 Å². The Morgan fingerprint density at radius 2 is 2.14 bits per heavy atom. The van der Waals surface area contributed by atoms with Crippen LogP contribution in [0.1, 0.15) is 26.7 Å². The highest BCUT2D eigenvalue weighted by Crippen LogP contribution is 2.14. The van der Waals surface area contributed by atoms with Crippen LogP contribution in [0.2, 0.25) is 0 Å². The summed E-state index contributed by atoms with van der Waals surface area (Å²) in [5.74, 6) is 0.212. The molecule has 0 aromatic heterocycles. The molecule has 0 radical (unpaired) electrons. The van der Waals surface area contributed by atoms with Crippen molar-refractivity contribution in [3.05, 3.63) is 0 Å². The molecule has 1 saturated heterocycles. The maximum Gasteiger partial charge on any atom is 0.214 e. The number of hydrogen-bond acceptors (Lipinski definition) is 3. The average molecular weight is 220 g/mol. The summed E-state index contributed by atoms with van der Waals surface area (Å²) >= 11 is 0. The summed E-state index contributed by atoms with van der Waals surface area (Å²) in [7, 11) is -3.01. The molecule has 14 heavy (non-hydrogen) atoms. The zero-order valence-electron chi connectivity index (χ0n) is 8.99. The third kappa shape index (κ3) is 2.68. The molecule has 1 aliphatic heterocycles. The maximum atomic E-state index is 11.8. The first-order valence-electron chi connectivity index (χ1n) is 5.32. The SMILES string of the molecule is CCCN(C1CCNC1)S(=O)(=O)CC. The Morgan fingerprint density at radius 3 is 2.57 bits per heavy atom. The van der Waals surface area contributed by atoms with E-state index in [1.165, 1.54) is 0 Å². The van der Waals surface area contributed by atoms with Crippen LogP contribution in [0.5, 0.6) is 0 Å². The van der Waals surface area contributed by atoms with E-state index < -0.39 is 10.0 Å². The van der Waals surface area contributed by atoms with Crippen molar-refractivity contribution in [2.24, 2.45) is 0 Å². The highest BCUT2D eigenvalue weighted by molar-refractivity contribution is 7.89. The predicted octanol–water partition coefficient (Wildman–Crippen LogP) is 0.410. The third-order valence-corrected chi connectivity index (χ3v) is 4.53. The third-order valence-electron chi connectivity index (χ3n) is 2.61.